The summed E-state index contributed by atoms with van der Waals surface area (Å²) in [6.07, 6.45) is 4.12. The van der Waals surface area contributed by atoms with Crippen molar-refractivity contribution in [3.8, 4) is 16.9 Å². The van der Waals surface area contributed by atoms with Gasteiger partial charge in [0.05, 0.1) is 7.11 Å². The smallest absolute Gasteiger partial charge is 0.235 e. The molecule has 1 aliphatic rings. The fraction of sp³-hybridized carbons (Fsp3) is 0.190. The minimum absolute atomic E-state index is 0.289. The molecular formula is C21H20FN3O3S. The maximum Gasteiger partial charge on any atom is 0.235 e. The molecular weight excluding hydrogens is 393 g/mol. The third-order valence-electron chi connectivity index (χ3n) is 5.07. The highest BCUT2D eigenvalue weighted by atomic mass is 32.2. The van der Waals surface area contributed by atoms with Crippen molar-refractivity contribution in [2.45, 2.75) is 6.42 Å². The number of aromatic nitrogens is 2. The van der Waals surface area contributed by atoms with E-state index >= 15 is 0 Å². The Kier molecular flexibility index (Phi) is 4.97. The largest absolute Gasteiger partial charge is 0.496 e. The molecule has 150 valence electrons. The molecule has 0 fully saturated rings. The van der Waals surface area contributed by atoms with E-state index < -0.39 is 10.0 Å². The van der Waals surface area contributed by atoms with Crippen LogP contribution in [0.4, 0.5) is 4.39 Å². The Morgan fingerprint density at radius 3 is 2.79 bits per heavy atom. The van der Waals surface area contributed by atoms with Gasteiger partial charge in [-0.15, -0.1) is 0 Å². The summed E-state index contributed by atoms with van der Waals surface area (Å²) >= 11 is 0. The van der Waals surface area contributed by atoms with Gasteiger partial charge in [-0.1, -0.05) is 12.7 Å². The van der Waals surface area contributed by atoms with Gasteiger partial charge in [0.15, 0.2) is 0 Å². The highest BCUT2D eigenvalue weighted by Gasteiger charge is 2.23. The SMILES string of the molecule is C=CS(=O)(=O)N1CC=C(c2cc3c(-c4cc(F)ccc4OC)ccnc3[nH]2)CC1. The second-order valence-corrected chi connectivity index (χ2v) is 8.58. The molecule has 6 nitrogen and oxygen atoms in total. The predicted molar refractivity (Wildman–Crippen MR) is 111 cm³/mol. The summed E-state index contributed by atoms with van der Waals surface area (Å²) in [4.78, 5) is 7.68. The van der Waals surface area contributed by atoms with Crippen LogP contribution in [0, 0.1) is 5.82 Å². The molecule has 3 heterocycles. The van der Waals surface area contributed by atoms with Crippen LogP contribution in [0.3, 0.4) is 0 Å². The lowest BCUT2D eigenvalue weighted by Gasteiger charge is -2.23. The summed E-state index contributed by atoms with van der Waals surface area (Å²) in [7, 11) is -1.88. The number of halogens is 1. The number of methoxy groups -OCH3 is 1. The normalized spacial score (nSPS) is 15.3. The topological polar surface area (TPSA) is 75.3 Å². The van der Waals surface area contributed by atoms with Crippen molar-refractivity contribution in [2.75, 3.05) is 20.2 Å². The van der Waals surface area contributed by atoms with Crippen molar-refractivity contribution >= 4 is 26.6 Å². The quantitative estimate of drug-likeness (QED) is 0.688. The van der Waals surface area contributed by atoms with Crippen LogP contribution in [0.25, 0.3) is 27.7 Å². The third kappa shape index (κ3) is 3.56. The number of sulfonamides is 1. The van der Waals surface area contributed by atoms with E-state index in [-0.39, 0.29) is 12.4 Å². The van der Waals surface area contributed by atoms with Gasteiger partial charge in [-0.05, 0) is 47.9 Å². The highest BCUT2D eigenvalue weighted by Crippen LogP contribution is 2.36. The van der Waals surface area contributed by atoms with E-state index in [0.717, 1.165) is 27.6 Å². The van der Waals surface area contributed by atoms with Crippen LogP contribution >= 0.6 is 0 Å². The van der Waals surface area contributed by atoms with Crippen molar-refractivity contribution in [1.82, 2.24) is 14.3 Å². The zero-order valence-electron chi connectivity index (χ0n) is 15.9. The summed E-state index contributed by atoms with van der Waals surface area (Å²) in [6, 6.07) is 8.19. The number of nitrogens with one attached hydrogen (secondary N) is 1. The average molecular weight is 413 g/mol. The highest BCUT2D eigenvalue weighted by molar-refractivity contribution is 7.92. The fourth-order valence-electron chi connectivity index (χ4n) is 3.56. The molecule has 0 saturated carbocycles. The number of pyridine rings is 1. The molecule has 4 rings (SSSR count). The Hall–Kier alpha value is -2.97. The van der Waals surface area contributed by atoms with Crippen molar-refractivity contribution in [1.29, 1.82) is 0 Å². The first kappa shape index (κ1) is 19.4. The number of nitrogens with zero attached hydrogens (tertiary/aromatic N) is 2. The molecule has 29 heavy (non-hydrogen) atoms. The number of rotatable bonds is 5. The van der Waals surface area contributed by atoms with Gasteiger partial charge in [0, 0.05) is 41.3 Å². The van der Waals surface area contributed by atoms with Gasteiger partial charge in [-0.25, -0.2) is 17.8 Å². The van der Waals surface area contributed by atoms with Gasteiger partial charge in [-0.3, -0.25) is 0 Å². The van der Waals surface area contributed by atoms with Crippen molar-refractivity contribution < 1.29 is 17.5 Å². The van der Waals surface area contributed by atoms with Crippen LogP contribution in [-0.4, -0.2) is 42.9 Å². The second-order valence-electron chi connectivity index (χ2n) is 6.70. The van der Waals surface area contributed by atoms with Gasteiger partial charge in [0.25, 0.3) is 0 Å². The van der Waals surface area contributed by atoms with Crippen LogP contribution < -0.4 is 4.74 Å². The number of H-pyrrole nitrogens is 1. The molecule has 1 aromatic carbocycles. The number of aromatic amines is 1. The summed E-state index contributed by atoms with van der Waals surface area (Å²) in [5.74, 6) is 0.226. The van der Waals surface area contributed by atoms with E-state index in [9.17, 15) is 12.8 Å². The molecule has 0 unspecified atom stereocenters. The van der Waals surface area contributed by atoms with E-state index in [0.29, 0.717) is 29.9 Å². The molecule has 0 atom stereocenters. The van der Waals surface area contributed by atoms with E-state index in [1.54, 1.807) is 19.4 Å². The lowest BCUT2D eigenvalue weighted by Crippen LogP contribution is -2.33. The Morgan fingerprint density at radius 2 is 2.10 bits per heavy atom. The molecule has 0 amide bonds. The van der Waals surface area contributed by atoms with Crippen molar-refractivity contribution in [3.05, 3.63) is 66.1 Å². The van der Waals surface area contributed by atoms with Crippen LogP contribution in [0.1, 0.15) is 12.1 Å². The second kappa shape index (κ2) is 7.46. The maximum absolute atomic E-state index is 13.9. The third-order valence-corrected chi connectivity index (χ3v) is 6.54. The van der Waals surface area contributed by atoms with E-state index in [2.05, 4.69) is 16.5 Å². The first-order valence-electron chi connectivity index (χ1n) is 9.06. The molecule has 1 aliphatic heterocycles. The van der Waals surface area contributed by atoms with Crippen LogP contribution in [0.5, 0.6) is 5.75 Å². The molecule has 3 aromatic rings. The molecule has 0 saturated heterocycles. The Labute approximate surface area is 168 Å². The maximum atomic E-state index is 13.9. The summed E-state index contributed by atoms with van der Waals surface area (Å²) in [5.41, 5.74) is 4.00. The van der Waals surface area contributed by atoms with E-state index in [1.165, 1.54) is 16.4 Å². The zero-order valence-corrected chi connectivity index (χ0v) is 16.7. The summed E-state index contributed by atoms with van der Waals surface area (Å²) in [5, 5.41) is 1.81. The summed E-state index contributed by atoms with van der Waals surface area (Å²) < 4.78 is 44.6. The molecule has 0 bridgehead atoms. The minimum Gasteiger partial charge on any atom is -0.496 e. The van der Waals surface area contributed by atoms with E-state index in [4.69, 9.17) is 4.74 Å². The zero-order chi connectivity index (χ0) is 20.6. The molecule has 0 aliphatic carbocycles. The monoisotopic (exact) mass is 413 g/mol. The van der Waals surface area contributed by atoms with Gasteiger partial charge in [0.1, 0.15) is 17.2 Å². The van der Waals surface area contributed by atoms with E-state index in [1.807, 2.05) is 18.2 Å². The van der Waals surface area contributed by atoms with Gasteiger partial charge < -0.3 is 9.72 Å². The number of hydrogen-bond donors (Lipinski definition) is 1. The minimum atomic E-state index is -3.43. The Balaban J connectivity index is 1.75. The molecule has 1 N–H and O–H groups in total. The van der Waals surface area contributed by atoms with Gasteiger partial charge >= 0.3 is 0 Å². The molecule has 2 aromatic heterocycles. The number of benzene rings is 1. The van der Waals surface area contributed by atoms with Gasteiger partial charge in [0.2, 0.25) is 10.0 Å². The van der Waals surface area contributed by atoms with Crippen LogP contribution in [-0.2, 0) is 10.0 Å². The molecule has 0 radical (unpaired) electrons. The molecule has 8 heteroatoms. The summed E-state index contributed by atoms with van der Waals surface area (Å²) in [6.45, 7) is 4.04. The van der Waals surface area contributed by atoms with Crippen molar-refractivity contribution in [3.63, 3.8) is 0 Å². The lowest BCUT2D eigenvalue weighted by atomic mass is 10.0. The Morgan fingerprint density at radius 1 is 1.28 bits per heavy atom. The number of ether oxygens (including phenoxy) is 1. The molecule has 0 spiro atoms. The average Bonchev–Trinajstić information content (AvgIpc) is 3.18. The van der Waals surface area contributed by atoms with Crippen molar-refractivity contribution in [2.24, 2.45) is 0 Å². The standard InChI is InChI=1S/C21H20FN3O3S/c1-3-29(26,27)25-10-7-14(8-11-25)19-13-18-16(6-9-23-21(18)24-19)17-12-15(22)4-5-20(17)28-2/h3-7,9,12-13H,1,8,10-11H2,2H3,(H,23,24). The van der Waals surface area contributed by atoms with Crippen LogP contribution in [0.15, 0.2) is 54.6 Å². The number of hydrogen-bond acceptors (Lipinski definition) is 4. The lowest BCUT2D eigenvalue weighted by molar-refractivity contribution is 0.415. The number of fused-ring (bicyclic) bond motifs is 1. The first-order chi connectivity index (χ1) is 13.9. The Bertz CT molecular complexity index is 1230. The predicted octanol–water partition coefficient (Wildman–Crippen LogP) is 3.94. The first-order valence-corrected chi connectivity index (χ1v) is 10.6. The van der Waals surface area contributed by atoms with Crippen LogP contribution in [0.2, 0.25) is 0 Å². The van der Waals surface area contributed by atoms with Gasteiger partial charge in [-0.2, -0.15) is 4.31 Å². The fourth-order valence-corrected chi connectivity index (χ4v) is 4.40.